The van der Waals surface area contributed by atoms with Crippen LogP contribution < -0.4 is 0 Å². The molecule has 2 rings (SSSR count). The monoisotopic (exact) mass is 422 g/mol. The van der Waals surface area contributed by atoms with Gasteiger partial charge in [0, 0.05) is 12.5 Å². The summed E-state index contributed by atoms with van der Waals surface area (Å²) < 4.78 is 16.7. The molecule has 1 fully saturated rings. The summed E-state index contributed by atoms with van der Waals surface area (Å²) >= 11 is 0. The number of ether oxygens (including phenoxy) is 3. The minimum atomic E-state index is -1.13. The van der Waals surface area contributed by atoms with Gasteiger partial charge in [-0.05, 0) is 36.5 Å². The predicted octanol–water partition coefficient (Wildman–Crippen LogP) is 1.60. The molecular formula is C22H30O8. The molecule has 0 amide bonds. The van der Waals surface area contributed by atoms with E-state index in [0.29, 0.717) is 30.4 Å². The smallest absolute Gasteiger partial charge is 0.334 e. The molecule has 8 nitrogen and oxygen atoms in total. The average molecular weight is 422 g/mol. The zero-order valence-electron chi connectivity index (χ0n) is 17.6. The van der Waals surface area contributed by atoms with Gasteiger partial charge < -0.3 is 24.4 Å². The van der Waals surface area contributed by atoms with Gasteiger partial charge in [0.15, 0.2) is 12.2 Å². The van der Waals surface area contributed by atoms with E-state index in [1.807, 2.05) is 6.92 Å². The molecule has 0 aromatic rings. The van der Waals surface area contributed by atoms with Gasteiger partial charge in [-0.15, -0.1) is 0 Å². The maximum Gasteiger partial charge on any atom is 0.334 e. The zero-order chi connectivity index (χ0) is 22.4. The lowest BCUT2D eigenvalue weighted by Gasteiger charge is -2.34. The Morgan fingerprint density at radius 3 is 2.57 bits per heavy atom. The van der Waals surface area contributed by atoms with Crippen LogP contribution in [0.4, 0.5) is 0 Å². The first-order chi connectivity index (χ1) is 14.2. The highest BCUT2D eigenvalue weighted by atomic mass is 16.6. The number of aliphatic hydroxyl groups is 2. The molecule has 1 aliphatic heterocycles. The Kier molecular flexibility index (Phi) is 8.37. The van der Waals surface area contributed by atoms with Crippen LogP contribution in [0.2, 0.25) is 0 Å². The molecule has 2 N–H and O–H groups in total. The van der Waals surface area contributed by atoms with E-state index in [9.17, 15) is 24.6 Å². The summed E-state index contributed by atoms with van der Waals surface area (Å²) in [4.78, 5) is 36.8. The van der Waals surface area contributed by atoms with E-state index >= 15 is 0 Å². The van der Waals surface area contributed by atoms with Gasteiger partial charge in [-0.25, -0.2) is 4.79 Å². The number of allylic oxidation sites excluding steroid dienone is 1. The molecule has 1 aliphatic carbocycles. The molecule has 166 valence electrons. The average Bonchev–Trinajstić information content (AvgIpc) is 2.99. The summed E-state index contributed by atoms with van der Waals surface area (Å²) in [6.07, 6.45) is 1.67. The summed E-state index contributed by atoms with van der Waals surface area (Å²) in [6, 6.07) is 0. The highest BCUT2D eigenvalue weighted by Crippen LogP contribution is 2.37. The Balaban J connectivity index is 2.61. The molecule has 2 aliphatic rings. The van der Waals surface area contributed by atoms with E-state index in [0.717, 1.165) is 0 Å². The predicted molar refractivity (Wildman–Crippen MR) is 107 cm³/mol. The normalized spacial score (nSPS) is 31.4. The summed E-state index contributed by atoms with van der Waals surface area (Å²) in [5.74, 6) is -3.07. The fraction of sp³-hybridized carbons (Fsp3) is 0.591. The van der Waals surface area contributed by atoms with Crippen LogP contribution in [-0.4, -0.2) is 59.6 Å². The van der Waals surface area contributed by atoms with Gasteiger partial charge in [0.05, 0.1) is 25.0 Å². The number of rotatable bonds is 6. The van der Waals surface area contributed by atoms with E-state index in [4.69, 9.17) is 14.2 Å². The lowest BCUT2D eigenvalue weighted by Crippen LogP contribution is -2.46. The van der Waals surface area contributed by atoms with Crippen LogP contribution in [0.5, 0.6) is 0 Å². The molecule has 0 aromatic carbocycles. The van der Waals surface area contributed by atoms with Gasteiger partial charge in [0.1, 0.15) is 6.10 Å². The molecule has 0 saturated carbocycles. The third-order valence-electron chi connectivity index (χ3n) is 5.50. The number of hydrogen-bond acceptors (Lipinski definition) is 8. The van der Waals surface area contributed by atoms with Crippen molar-refractivity contribution < 1.29 is 38.8 Å². The summed E-state index contributed by atoms with van der Waals surface area (Å²) in [5.41, 5.74) is 1.06. The Morgan fingerprint density at radius 1 is 1.30 bits per heavy atom. The Labute approximate surface area is 176 Å². The standard InChI is InChI=1S/C22H30O8/c1-5-12(2)21(26)30-20-18-13(3)22(27)29-17(18)9-15(10-23)7-6-8-16(11-24)19(20)28-14(4)25/h8-9,12,17-20,23-24H,3,5-7,10-11H2,1-2,4H3/b15-9-,16-8+/t12-,17-,18-,19+,20-/m1/s1. The largest absolute Gasteiger partial charge is 0.457 e. The van der Waals surface area contributed by atoms with Gasteiger partial charge in [-0.2, -0.15) is 0 Å². The van der Waals surface area contributed by atoms with E-state index < -0.39 is 54.7 Å². The second-order valence-corrected chi connectivity index (χ2v) is 7.62. The number of aliphatic hydroxyl groups excluding tert-OH is 2. The van der Waals surface area contributed by atoms with Crippen LogP contribution in [0, 0.1) is 11.8 Å². The highest BCUT2D eigenvalue weighted by Gasteiger charge is 2.49. The van der Waals surface area contributed by atoms with Crippen molar-refractivity contribution in [1.82, 2.24) is 0 Å². The van der Waals surface area contributed by atoms with Crippen molar-refractivity contribution in [1.29, 1.82) is 0 Å². The van der Waals surface area contributed by atoms with Crippen LogP contribution in [0.25, 0.3) is 0 Å². The first-order valence-electron chi connectivity index (χ1n) is 10.1. The van der Waals surface area contributed by atoms with Crippen LogP contribution in [0.3, 0.4) is 0 Å². The molecule has 0 bridgehead atoms. The van der Waals surface area contributed by atoms with E-state index in [2.05, 4.69) is 6.58 Å². The molecule has 8 heteroatoms. The number of carbonyl (C=O) groups excluding carboxylic acids is 3. The second kappa shape index (κ2) is 10.5. The Bertz CT molecular complexity index is 750. The van der Waals surface area contributed by atoms with Gasteiger partial charge in [0.2, 0.25) is 0 Å². The Hall–Kier alpha value is -2.45. The zero-order valence-corrected chi connectivity index (χ0v) is 17.6. The third kappa shape index (κ3) is 5.37. The molecule has 5 atom stereocenters. The molecule has 0 radical (unpaired) electrons. The molecule has 0 spiro atoms. The van der Waals surface area contributed by atoms with Gasteiger partial charge in [-0.3, -0.25) is 9.59 Å². The molecule has 1 saturated heterocycles. The molecule has 0 aromatic heterocycles. The molecular weight excluding hydrogens is 392 g/mol. The van der Waals surface area contributed by atoms with Gasteiger partial charge in [0.25, 0.3) is 0 Å². The van der Waals surface area contributed by atoms with E-state index in [1.165, 1.54) is 6.92 Å². The van der Waals surface area contributed by atoms with Gasteiger partial charge >= 0.3 is 17.9 Å². The second-order valence-electron chi connectivity index (χ2n) is 7.62. The Morgan fingerprint density at radius 2 is 2.00 bits per heavy atom. The van der Waals surface area contributed by atoms with Crippen molar-refractivity contribution in [2.24, 2.45) is 11.8 Å². The van der Waals surface area contributed by atoms with Crippen molar-refractivity contribution in [3.8, 4) is 0 Å². The number of hydrogen-bond donors (Lipinski definition) is 2. The van der Waals surface area contributed by atoms with Crippen molar-refractivity contribution in [3.63, 3.8) is 0 Å². The molecule has 30 heavy (non-hydrogen) atoms. The number of esters is 3. The summed E-state index contributed by atoms with van der Waals surface area (Å²) in [6.45, 7) is 7.89. The van der Waals surface area contributed by atoms with Crippen molar-refractivity contribution in [2.45, 2.75) is 58.3 Å². The topological polar surface area (TPSA) is 119 Å². The maximum absolute atomic E-state index is 12.7. The van der Waals surface area contributed by atoms with Crippen molar-refractivity contribution in [3.05, 3.63) is 35.5 Å². The number of carbonyl (C=O) groups is 3. The van der Waals surface area contributed by atoms with Crippen LogP contribution in [0.1, 0.15) is 40.0 Å². The SMILES string of the molecule is C=C1C(=O)O[C@@H]2/C=C(\CO)CC/C=C(\CO)[C@H](OC(C)=O)[C@H](OC(=O)[C@H](C)CC)[C@H]12. The highest BCUT2D eigenvalue weighted by molar-refractivity contribution is 5.91. The van der Waals surface area contributed by atoms with E-state index in [1.54, 1.807) is 19.1 Å². The quantitative estimate of drug-likeness (QED) is 0.287. The number of fused-ring (bicyclic) bond motifs is 1. The fourth-order valence-corrected chi connectivity index (χ4v) is 3.56. The lowest BCUT2D eigenvalue weighted by atomic mass is 9.83. The molecule has 0 unspecified atom stereocenters. The minimum Gasteiger partial charge on any atom is -0.457 e. The van der Waals surface area contributed by atoms with Gasteiger partial charge in [-0.1, -0.05) is 26.5 Å². The van der Waals surface area contributed by atoms with Crippen molar-refractivity contribution >= 4 is 17.9 Å². The molecule has 1 heterocycles. The fourth-order valence-electron chi connectivity index (χ4n) is 3.56. The van der Waals surface area contributed by atoms with E-state index in [-0.39, 0.29) is 12.2 Å². The third-order valence-corrected chi connectivity index (χ3v) is 5.50. The van der Waals surface area contributed by atoms with Crippen LogP contribution in [-0.2, 0) is 28.6 Å². The minimum absolute atomic E-state index is 0.0745. The first kappa shape index (κ1) is 23.8. The van der Waals surface area contributed by atoms with Crippen LogP contribution in [0.15, 0.2) is 35.5 Å². The maximum atomic E-state index is 12.7. The lowest BCUT2D eigenvalue weighted by molar-refractivity contribution is -0.171. The summed E-state index contributed by atoms with van der Waals surface area (Å²) in [5, 5.41) is 19.6. The van der Waals surface area contributed by atoms with Crippen molar-refractivity contribution in [2.75, 3.05) is 13.2 Å². The first-order valence-corrected chi connectivity index (χ1v) is 10.1. The summed E-state index contributed by atoms with van der Waals surface area (Å²) in [7, 11) is 0. The van der Waals surface area contributed by atoms with Crippen LogP contribution >= 0.6 is 0 Å².